The minimum absolute atomic E-state index is 0.294. The number of aliphatic carboxylic acids is 1. The number of carbonyl (C=O) groups is 1. The lowest BCUT2D eigenvalue weighted by atomic mass is 9.78. The number of benzene rings is 1. The Kier molecular flexibility index (Phi) is 1.40. The molecule has 1 N–H and O–H groups in total. The lowest BCUT2D eigenvalue weighted by Gasteiger charge is -2.26. The van der Waals surface area contributed by atoms with Crippen molar-refractivity contribution in [1.29, 1.82) is 0 Å². The van der Waals surface area contributed by atoms with Gasteiger partial charge in [-0.2, -0.15) is 0 Å². The van der Waals surface area contributed by atoms with Crippen molar-refractivity contribution in [1.82, 2.24) is 0 Å². The van der Waals surface area contributed by atoms with Crippen molar-refractivity contribution >= 4 is 5.97 Å². The van der Waals surface area contributed by atoms with Gasteiger partial charge < -0.3 is 5.11 Å². The molecule has 1 aromatic rings. The van der Waals surface area contributed by atoms with Crippen LogP contribution < -0.4 is 0 Å². The van der Waals surface area contributed by atoms with Gasteiger partial charge in [0.15, 0.2) is 0 Å². The number of hydrogen-bond donors (Lipinski definition) is 1. The number of carboxylic acid groups (broad SMARTS) is 1. The quantitative estimate of drug-likeness (QED) is 0.687. The van der Waals surface area contributed by atoms with Gasteiger partial charge in [-0.05, 0) is 29.7 Å². The molecule has 0 heterocycles. The van der Waals surface area contributed by atoms with Crippen LogP contribution in [0.5, 0.6) is 0 Å². The number of halogens is 1. The molecule has 0 aliphatic heterocycles. The molecule has 1 aliphatic carbocycles. The molecule has 3 heteroatoms. The average Bonchev–Trinajstić information content (AvgIpc) is 1.94. The summed E-state index contributed by atoms with van der Waals surface area (Å²) in [4.78, 5) is 10.5. The normalized spacial score (nSPS) is 19.6. The van der Waals surface area contributed by atoms with E-state index in [-0.39, 0.29) is 5.82 Å². The summed E-state index contributed by atoms with van der Waals surface area (Å²) in [6.07, 6.45) is 0.461. The molecule has 0 aromatic heterocycles. The highest BCUT2D eigenvalue weighted by Gasteiger charge is 2.31. The zero-order valence-electron chi connectivity index (χ0n) is 6.25. The van der Waals surface area contributed by atoms with Crippen molar-refractivity contribution in [3.05, 3.63) is 35.1 Å². The van der Waals surface area contributed by atoms with Crippen molar-refractivity contribution in [2.45, 2.75) is 12.3 Å². The van der Waals surface area contributed by atoms with Gasteiger partial charge in [0.25, 0.3) is 0 Å². The SMILES string of the molecule is O=C(O)C1Cc2cc(F)ccc21. The van der Waals surface area contributed by atoms with Crippen LogP contribution in [0.25, 0.3) is 0 Å². The lowest BCUT2D eigenvalue weighted by Crippen LogP contribution is -2.24. The van der Waals surface area contributed by atoms with Gasteiger partial charge in [0, 0.05) is 0 Å². The van der Waals surface area contributed by atoms with E-state index in [9.17, 15) is 9.18 Å². The Bertz CT molecular complexity index is 346. The van der Waals surface area contributed by atoms with Gasteiger partial charge in [-0.1, -0.05) is 6.07 Å². The van der Waals surface area contributed by atoms with Crippen LogP contribution in [0.1, 0.15) is 17.0 Å². The second-order valence-electron chi connectivity index (χ2n) is 2.94. The highest BCUT2D eigenvalue weighted by molar-refractivity contribution is 5.80. The Hall–Kier alpha value is -1.38. The zero-order valence-corrected chi connectivity index (χ0v) is 6.25. The van der Waals surface area contributed by atoms with E-state index in [2.05, 4.69) is 0 Å². The molecule has 1 atom stereocenters. The van der Waals surface area contributed by atoms with Gasteiger partial charge in [0.1, 0.15) is 5.82 Å². The van der Waals surface area contributed by atoms with Crippen molar-refractivity contribution in [2.24, 2.45) is 0 Å². The fraction of sp³-hybridized carbons (Fsp3) is 0.222. The summed E-state index contributed by atoms with van der Waals surface area (Å²) < 4.78 is 12.6. The first-order valence-corrected chi connectivity index (χ1v) is 3.69. The van der Waals surface area contributed by atoms with Crippen molar-refractivity contribution in [3.63, 3.8) is 0 Å². The van der Waals surface area contributed by atoms with Crippen LogP contribution in [0.2, 0.25) is 0 Å². The van der Waals surface area contributed by atoms with E-state index in [1.807, 2.05) is 0 Å². The van der Waals surface area contributed by atoms with Gasteiger partial charge in [0.05, 0.1) is 5.92 Å². The van der Waals surface area contributed by atoms with E-state index < -0.39 is 11.9 Å². The Morgan fingerprint density at radius 2 is 2.33 bits per heavy atom. The zero-order chi connectivity index (χ0) is 8.72. The molecule has 1 aliphatic rings. The minimum Gasteiger partial charge on any atom is -0.481 e. The standard InChI is InChI=1S/C9H7FO2/c10-6-1-2-7-5(3-6)4-8(7)9(11)12/h1-3,8H,4H2,(H,11,12). The smallest absolute Gasteiger partial charge is 0.311 e. The first-order valence-electron chi connectivity index (χ1n) is 3.69. The molecule has 0 fully saturated rings. The molecule has 2 rings (SSSR count). The molecule has 62 valence electrons. The third kappa shape index (κ3) is 0.897. The molecule has 0 bridgehead atoms. The van der Waals surface area contributed by atoms with Gasteiger partial charge >= 0.3 is 5.97 Å². The van der Waals surface area contributed by atoms with E-state index in [1.165, 1.54) is 12.1 Å². The average molecular weight is 166 g/mol. The molecule has 0 saturated carbocycles. The maximum atomic E-state index is 12.6. The van der Waals surface area contributed by atoms with Gasteiger partial charge in [-0.3, -0.25) is 4.79 Å². The Morgan fingerprint density at radius 3 is 2.92 bits per heavy atom. The third-order valence-electron chi connectivity index (χ3n) is 2.20. The Morgan fingerprint density at radius 1 is 1.58 bits per heavy atom. The van der Waals surface area contributed by atoms with E-state index in [1.54, 1.807) is 6.07 Å². The molecule has 0 saturated heterocycles. The fourth-order valence-corrected chi connectivity index (χ4v) is 1.51. The molecule has 1 aromatic carbocycles. The molecule has 1 unspecified atom stereocenters. The molecule has 12 heavy (non-hydrogen) atoms. The maximum absolute atomic E-state index is 12.6. The molecular formula is C9H7FO2. The highest BCUT2D eigenvalue weighted by Crippen LogP contribution is 2.35. The van der Waals surface area contributed by atoms with Crippen LogP contribution in [-0.4, -0.2) is 11.1 Å². The lowest BCUT2D eigenvalue weighted by molar-refractivity contribution is -0.139. The Labute approximate surface area is 68.6 Å². The van der Waals surface area contributed by atoms with Gasteiger partial charge in [0.2, 0.25) is 0 Å². The first kappa shape index (κ1) is 7.28. The maximum Gasteiger partial charge on any atom is 0.311 e. The van der Waals surface area contributed by atoms with Crippen LogP contribution in [0.15, 0.2) is 18.2 Å². The summed E-state index contributed by atoms with van der Waals surface area (Å²) in [5.74, 6) is -1.53. The molecule has 0 radical (unpaired) electrons. The van der Waals surface area contributed by atoms with E-state index in [0.29, 0.717) is 6.42 Å². The summed E-state index contributed by atoms with van der Waals surface area (Å²) >= 11 is 0. The van der Waals surface area contributed by atoms with E-state index in [4.69, 9.17) is 5.11 Å². The third-order valence-corrected chi connectivity index (χ3v) is 2.20. The highest BCUT2D eigenvalue weighted by atomic mass is 19.1. The number of rotatable bonds is 1. The summed E-state index contributed by atoms with van der Waals surface area (Å²) in [5.41, 5.74) is 1.58. The van der Waals surface area contributed by atoms with Gasteiger partial charge in [-0.15, -0.1) is 0 Å². The van der Waals surface area contributed by atoms with Crippen LogP contribution >= 0.6 is 0 Å². The van der Waals surface area contributed by atoms with Crippen molar-refractivity contribution in [3.8, 4) is 0 Å². The van der Waals surface area contributed by atoms with Crippen LogP contribution in [-0.2, 0) is 11.2 Å². The predicted molar refractivity (Wildman–Crippen MR) is 40.5 cm³/mol. The largest absolute Gasteiger partial charge is 0.481 e. The van der Waals surface area contributed by atoms with Crippen LogP contribution in [0.3, 0.4) is 0 Å². The summed E-state index contributed by atoms with van der Waals surface area (Å²) in [6, 6.07) is 4.25. The minimum atomic E-state index is -0.825. The van der Waals surface area contributed by atoms with E-state index >= 15 is 0 Å². The van der Waals surface area contributed by atoms with Crippen molar-refractivity contribution < 1.29 is 14.3 Å². The fourth-order valence-electron chi connectivity index (χ4n) is 1.51. The first-order chi connectivity index (χ1) is 5.68. The molecule has 0 spiro atoms. The van der Waals surface area contributed by atoms with Crippen LogP contribution in [0.4, 0.5) is 4.39 Å². The number of carboxylic acids is 1. The monoisotopic (exact) mass is 166 g/mol. The number of hydrogen-bond acceptors (Lipinski definition) is 1. The summed E-state index contributed by atoms with van der Waals surface area (Å²) in [5, 5.41) is 8.66. The molecule has 0 amide bonds. The summed E-state index contributed by atoms with van der Waals surface area (Å²) in [7, 11) is 0. The Balaban J connectivity index is 2.37. The molecular weight excluding hydrogens is 159 g/mol. The van der Waals surface area contributed by atoms with Gasteiger partial charge in [-0.25, -0.2) is 4.39 Å². The molecule has 2 nitrogen and oxygen atoms in total. The second-order valence-corrected chi connectivity index (χ2v) is 2.94. The van der Waals surface area contributed by atoms with Crippen molar-refractivity contribution in [2.75, 3.05) is 0 Å². The topological polar surface area (TPSA) is 37.3 Å². The number of fused-ring (bicyclic) bond motifs is 1. The second kappa shape index (κ2) is 2.30. The summed E-state index contributed by atoms with van der Waals surface area (Å²) in [6.45, 7) is 0. The predicted octanol–water partition coefficient (Wildman–Crippen LogP) is 1.55. The van der Waals surface area contributed by atoms with E-state index in [0.717, 1.165) is 11.1 Å². The van der Waals surface area contributed by atoms with Crippen LogP contribution in [0, 0.1) is 5.82 Å².